The van der Waals surface area contributed by atoms with Crippen molar-refractivity contribution in [2.75, 3.05) is 26.2 Å². The third-order valence-electron chi connectivity index (χ3n) is 7.85. The number of nitrogens with two attached hydrogens (primary N) is 1. The van der Waals surface area contributed by atoms with E-state index in [4.69, 9.17) is 5.73 Å². The molecule has 2 aliphatic heterocycles. The lowest BCUT2D eigenvalue weighted by Crippen LogP contribution is -2.48. The smallest absolute Gasteiger partial charge is 0.248 e. The van der Waals surface area contributed by atoms with Crippen LogP contribution < -0.4 is 5.73 Å². The molecule has 3 atom stereocenters. The molecule has 0 radical (unpaired) electrons. The summed E-state index contributed by atoms with van der Waals surface area (Å²) < 4.78 is 0. The Morgan fingerprint density at radius 2 is 1.77 bits per heavy atom. The number of piperidine rings is 1. The first-order chi connectivity index (χ1) is 15.0. The number of aliphatic hydroxyl groups excluding tert-OH is 1. The van der Waals surface area contributed by atoms with Crippen molar-refractivity contribution < 1.29 is 14.7 Å². The first-order valence-corrected chi connectivity index (χ1v) is 12.1. The molecular formula is C25H37N3O3. The number of nitrogens with zero attached hydrogens (tertiary/aromatic N) is 2. The second-order valence-electron chi connectivity index (χ2n) is 9.78. The summed E-state index contributed by atoms with van der Waals surface area (Å²) >= 11 is 0. The first kappa shape index (κ1) is 22.3. The van der Waals surface area contributed by atoms with Gasteiger partial charge in [-0.25, -0.2) is 0 Å². The van der Waals surface area contributed by atoms with Crippen molar-refractivity contribution in [3.63, 3.8) is 0 Å². The first-order valence-electron chi connectivity index (χ1n) is 12.1. The van der Waals surface area contributed by atoms with Gasteiger partial charge in [0.1, 0.15) is 6.61 Å². The minimum absolute atomic E-state index is 0.129. The maximum atomic E-state index is 12.4. The number of hydrogen-bond donors (Lipinski definition) is 2. The highest BCUT2D eigenvalue weighted by molar-refractivity contribution is 5.92. The average molecular weight is 428 g/mol. The van der Waals surface area contributed by atoms with E-state index in [9.17, 15) is 14.7 Å². The minimum atomic E-state index is -0.391. The van der Waals surface area contributed by atoms with Crippen molar-refractivity contribution in [2.24, 2.45) is 11.7 Å². The third kappa shape index (κ3) is 5.29. The molecule has 4 rings (SSSR count). The molecule has 3 aliphatic rings. The van der Waals surface area contributed by atoms with Crippen LogP contribution in [0.3, 0.4) is 0 Å². The van der Waals surface area contributed by atoms with Gasteiger partial charge in [0, 0.05) is 37.3 Å². The lowest BCUT2D eigenvalue weighted by Gasteiger charge is -2.40. The highest BCUT2D eigenvalue weighted by atomic mass is 16.3. The molecule has 31 heavy (non-hydrogen) atoms. The Morgan fingerprint density at radius 1 is 1.06 bits per heavy atom. The van der Waals surface area contributed by atoms with Crippen molar-refractivity contribution in [2.45, 2.75) is 75.8 Å². The molecule has 2 amide bonds. The van der Waals surface area contributed by atoms with Crippen LogP contribution in [0.25, 0.3) is 0 Å². The summed E-state index contributed by atoms with van der Waals surface area (Å²) in [5.41, 5.74) is 7.29. The van der Waals surface area contributed by atoms with Gasteiger partial charge in [0.15, 0.2) is 0 Å². The maximum absolute atomic E-state index is 12.4. The molecule has 2 heterocycles. The highest BCUT2D eigenvalue weighted by Crippen LogP contribution is 2.43. The SMILES string of the molecule is NC(=O)c1cccc([C@H]2C[C@H]3CC[C@@H](C2)N3CCN(CC2CCCCC2)C(=O)CO)c1. The summed E-state index contributed by atoms with van der Waals surface area (Å²) in [6.45, 7) is 2.01. The number of benzene rings is 1. The topological polar surface area (TPSA) is 86.9 Å². The van der Waals surface area contributed by atoms with E-state index in [1.165, 1.54) is 50.5 Å². The van der Waals surface area contributed by atoms with E-state index in [-0.39, 0.29) is 11.8 Å². The monoisotopic (exact) mass is 427 g/mol. The molecule has 0 spiro atoms. The molecule has 170 valence electrons. The molecule has 1 aromatic rings. The molecule has 3 fully saturated rings. The molecule has 2 saturated heterocycles. The number of amides is 2. The summed E-state index contributed by atoms with van der Waals surface area (Å²) in [6, 6.07) is 8.87. The second-order valence-corrected chi connectivity index (χ2v) is 9.78. The summed E-state index contributed by atoms with van der Waals surface area (Å²) in [7, 11) is 0. The predicted octanol–water partition coefficient (Wildman–Crippen LogP) is 2.90. The Bertz CT molecular complexity index is 763. The molecule has 1 saturated carbocycles. The summed E-state index contributed by atoms with van der Waals surface area (Å²) in [6.07, 6.45) is 10.8. The quantitative estimate of drug-likeness (QED) is 0.668. The van der Waals surface area contributed by atoms with E-state index < -0.39 is 6.61 Å². The fraction of sp³-hybridized carbons (Fsp3) is 0.680. The predicted molar refractivity (Wildman–Crippen MR) is 121 cm³/mol. The van der Waals surface area contributed by atoms with E-state index >= 15 is 0 Å². The maximum Gasteiger partial charge on any atom is 0.248 e. The molecule has 0 aromatic heterocycles. The Labute approximate surface area is 185 Å². The number of aliphatic hydroxyl groups is 1. The van der Waals surface area contributed by atoms with Gasteiger partial charge in [0.2, 0.25) is 11.8 Å². The molecule has 6 nitrogen and oxygen atoms in total. The minimum Gasteiger partial charge on any atom is -0.387 e. The van der Waals surface area contributed by atoms with Crippen LogP contribution in [0.5, 0.6) is 0 Å². The zero-order valence-electron chi connectivity index (χ0n) is 18.5. The molecular weight excluding hydrogens is 390 g/mol. The third-order valence-corrected chi connectivity index (χ3v) is 7.85. The van der Waals surface area contributed by atoms with Gasteiger partial charge in [-0.3, -0.25) is 14.5 Å². The van der Waals surface area contributed by atoms with Gasteiger partial charge in [-0.2, -0.15) is 0 Å². The number of hydrogen-bond acceptors (Lipinski definition) is 4. The molecule has 1 aliphatic carbocycles. The largest absolute Gasteiger partial charge is 0.387 e. The zero-order chi connectivity index (χ0) is 21.8. The van der Waals surface area contributed by atoms with Crippen LogP contribution in [0.2, 0.25) is 0 Å². The Balaban J connectivity index is 1.36. The normalized spacial score (nSPS) is 26.7. The van der Waals surface area contributed by atoms with Crippen molar-refractivity contribution in [3.05, 3.63) is 35.4 Å². The fourth-order valence-corrected chi connectivity index (χ4v) is 6.19. The average Bonchev–Trinajstić information content (AvgIpc) is 3.03. The summed E-state index contributed by atoms with van der Waals surface area (Å²) in [5, 5.41) is 9.47. The lowest BCUT2D eigenvalue weighted by atomic mass is 9.84. The van der Waals surface area contributed by atoms with Crippen molar-refractivity contribution in [1.29, 1.82) is 0 Å². The van der Waals surface area contributed by atoms with Gasteiger partial charge in [0.25, 0.3) is 0 Å². The number of rotatable bonds is 8. The summed E-state index contributed by atoms with van der Waals surface area (Å²) in [4.78, 5) is 28.5. The van der Waals surface area contributed by atoms with Crippen LogP contribution in [-0.2, 0) is 4.79 Å². The van der Waals surface area contributed by atoms with Gasteiger partial charge < -0.3 is 15.7 Å². The van der Waals surface area contributed by atoms with Gasteiger partial charge >= 0.3 is 0 Å². The fourth-order valence-electron chi connectivity index (χ4n) is 6.19. The molecule has 3 N–H and O–H groups in total. The van der Waals surface area contributed by atoms with E-state index in [0.717, 1.165) is 25.9 Å². The van der Waals surface area contributed by atoms with Crippen LogP contribution in [0.1, 0.15) is 79.6 Å². The molecule has 6 heteroatoms. The van der Waals surface area contributed by atoms with Gasteiger partial charge in [-0.05, 0) is 68.1 Å². The van der Waals surface area contributed by atoms with Crippen LogP contribution in [0.4, 0.5) is 0 Å². The van der Waals surface area contributed by atoms with Crippen molar-refractivity contribution in [1.82, 2.24) is 9.80 Å². The van der Waals surface area contributed by atoms with Crippen LogP contribution in [0, 0.1) is 5.92 Å². The number of carbonyl (C=O) groups is 2. The molecule has 2 bridgehead atoms. The standard InChI is InChI=1S/C25H37N3O3/c26-25(31)20-8-4-7-19(13-20)21-14-22-9-10-23(15-21)28(22)12-11-27(24(30)17-29)16-18-5-2-1-3-6-18/h4,7-8,13,18,21-23,29H,1-3,5-6,9-12,14-17H2,(H2,26,31)/t21-,22+,23-. The molecule has 1 aromatic carbocycles. The van der Waals surface area contributed by atoms with Crippen LogP contribution in [-0.4, -0.2) is 65.0 Å². The van der Waals surface area contributed by atoms with Gasteiger partial charge in [-0.15, -0.1) is 0 Å². The number of primary amides is 1. The Morgan fingerprint density at radius 3 is 2.42 bits per heavy atom. The van der Waals surface area contributed by atoms with Gasteiger partial charge in [0.05, 0.1) is 0 Å². The Hall–Kier alpha value is -1.92. The van der Waals surface area contributed by atoms with E-state index in [2.05, 4.69) is 11.0 Å². The Kier molecular flexibility index (Phi) is 7.28. The summed E-state index contributed by atoms with van der Waals surface area (Å²) in [5.74, 6) is 0.555. The zero-order valence-corrected chi connectivity index (χ0v) is 18.5. The van der Waals surface area contributed by atoms with Crippen molar-refractivity contribution >= 4 is 11.8 Å². The number of carbonyl (C=O) groups excluding carboxylic acids is 2. The molecule has 0 unspecified atom stereocenters. The lowest BCUT2D eigenvalue weighted by molar-refractivity contribution is -0.135. The van der Waals surface area contributed by atoms with Crippen molar-refractivity contribution in [3.8, 4) is 0 Å². The van der Waals surface area contributed by atoms with E-state index in [1.54, 1.807) is 6.07 Å². The van der Waals surface area contributed by atoms with E-state index in [1.807, 2.05) is 17.0 Å². The van der Waals surface area contributed by atoms with Crippen LogP contribution in [0.15, 0.2) is 24.3 Å². The highest BCUT2D eigenvalue weighted by Gasteiger charge is 2.41. The number of fused-ring (bicyclic) bond motifs is 2. The van der Waals surface area contributed by atoms with Crippen LogP contribution >= 0.6 is 0 Å². The van der Waals surface area contributed by atoms with E-state index in [0.29, 0.717) is 36.0 Å². The van der Waals surface area contributed by atoms with Gasteiger partial charge in [-0.1, -0.05) is 31.4 Å². The second kappa shape index (κ2) is 10.1.